The second-order valence-electron chi connectivity index (χ2n) is 2.93. The average Bonchev–Trinajstić information content (AvgIpc) is 2.57. The van der Waals surface area contributed by atoms with Gasteiger partial charge in [0.25, 0.3) is 0 Å². The number of furan rings is 1. The van der Waals surface area contributed by atoms with Crippen LogP contribution in [0.15, 0.2) is 33.4 Å². The normalized spacial score (nSPS) is 10.3. The third-order valence-electron chi connectivity index (χ3n) is 2.02. The summed E-state index contributed by atoms with van der Waals surface area (Å²) in [5, 5.41) is 1.18. The van der Waals surface area contributed by atoms with Gasteiger partial charge in [0.2, 0.25) is 0 Å². The highest BCUT2D eigenvalue weighted by molar-refractivity contribution is 9.10. The number of hydrogen-bond donors (Lipinski definition) is 1. The molecule has 0 amide bonds. The molecule has 0 spiro atoms. The number of hydrogen-bond acceptors (Lipinski definition) is 3. The van der Waals surface area contributed by atoms with E-state index in [1.165, 1.54) is 10.9 Å². The zero-order valence-corrected chi connectivity index (χ0v) is 10.1. The molecule has 82 valence electrons. The van der Waals surface area contributed by atoms with Crippen molar-refractivity contribution in [1.29, 1.82) is 0 Å². The predicted octanol–water partition coefficient (Wildman–Crippen LogP) is 4.20. The molecule has 0 saturated carbocycles. The molecule has 0 bridgehead atoms. The van der Waals surface area contributed by atoms with Crippen molar-refractivity contribution in [2.24, 2.45) is 0 Å². The summed E-state index contributed by atoms with van der Waals surface area (Å²) in [6.07, 6.45) is 3.82. The first-order valence-corrected chi connectivity index (χ1v) is 6.24. The quantitative estimate of drug-likeness (QED) is 0.857. The van der Waals surface area contributed by atoms with Gasteiger partial charge in [-0.05, 0) is 24.5 Å². The maximum absolute atomic E-state index is 5.45. The maximum atomic E-state index is 5.45. The van der Waals surface area contributed by atoms with Gasteiger partial charge in [0.05, 0.1) is 6.26 Å². The van der Waals surface area contributed by atoms with Gasteiger partial charge >= 0.3 is 0 Å². The Balaban J connectivity index is 0.00000112. The molecule has 0 aliphatic heterocycles. The van der Waals surface area contributed by atoms with Crippen molar-refractivity contribution in [2.75, 3.05) is 6.26 Å². The molecule has 0 saturated heterocycles. The van der Waals surface area contributed by atoms with Gasteiger partial charge in [-0.15, -0.1) is 0 Å². The Morgan fingerprint density at radius 3 is 3.00 bits per heavy atom. The summed E-state index contributed by atoms with van der Waals surface area (Å²) in [7, 11) is 0. The minimum Gasteiger partial charge on any atom is -0.464 e. The number of rotatable bonds is 3. The van der Waals surface area contributed by atoms with E-state index in [0.29, 0.717) is 0 Å². The Morgan fingerprint density at radius 2 is 2.27 bits per heavy atom. The zero-order chi connectivity index (χ0) is 9.97. The summed E-state index contributed by atoms with van der Waals surface area (Å²) in [6.45, 7) is 0.829. The van der Waals surface area contributed by atoms with Crippen LogP contribution in [-0.4, -0.2) is 6.26 Å². The fraction of sp³-hybridized carbons (Fsp3) is 0.273. The molecule has 15 heavy (non-hydrogen) atoms. The Hall–Kier alpha value is -0.450. The van der Waals surface area contributed by atoms with E-state index in [2.05, 4.69) is 26.7 Å². The van der Waals surface area contributed by atoms with E-state index in [-0.39, 0.29) is 7.43 Å². The molecule has 0 atom stereocenters. The SMILES string of the molecule is C.CSNCc1coc2cc(Br)ccc12. The van der Waals surface area contributed by atoms with Crippen LogP contribution in [0.3, 0.4) is 0 Å². The molecule has 0 aliphatic carbocycles. The highest BCUT2D eigenvalue weighted by Crippen LogP contribution is 2.24. The first kappa shape index (κ1) is 12.6. The average molecular weight is 288 g/mol. The second kappa shape index (κ2) is 5.58. The van der Waals surface area contributed by atoms with E-state index in [1.54, 1.807) is 18.2 Å². The predicted molar refractivity (Wildman–Crippen MR) is 71.0 cm³/mol. The molecule has 2 rings (SSSR count). The second-order valence-corrected chi connectivity index (χ2v) is 4.54. The van der Waals surface area contributed by atoms with E-state index in [0.717, 1.165) is 16.6 Å². The van der Waals surface area contributed by atoms with Gasteiger partial charge in [0.15, 0.2) is 0 Å². The molecule has 4 heteroatoms. The van der Waals surface area contributed by atoms with E-state index in [9.17, 15) is 0 Å². The van der Waals surface area contributed by atoms with Crippen molar-refractivity contribution in [3.63, 3.8) is 0 Å². The molecule has 1 heterocycles. The Bertz CT molecular complexity index is 441. The molecule has 0 unspecified atom stereocenters. The summed E-state index contributed by atoms with van der Waals surface area (Å²) in [4.78, 5) is 0. The Labute approximate surface area is 103 Å². The summed E-state index contributed by atoms with van der Waals surface area (Å²) in [5.41, 5.74) is 2.12. The molecule has 0 aliphatic rings. The lowest BCUT2D eigenvalue weighted by molar-refractivity contribution is 0.609. The number of halogens is 1. The topological polar surface area (TPSA) is 25.2 Å². The van der Waals surface area contributed by atoms with Crippen LogP contribution in [-0.2, 0) is 6.54 Å². The third-order valence-corrected chi connectivity index (χ3v) is 2.95. The molecule has 1 aromatic carbocycles. The third kappa shape index (κ3) is 2.77. The van der Waals surface area contributed by atoms with Crippen molar-refractivity contribution in [3.05, 3.63) is 34.5 Å². The molecule has 1 aromatic heterocycles. The van der Waals surface area contributed by atoms with Crippen LogP contribution in [0.25, 0.3) is 11.0 Å². The standard InChI is InChI=1S/C10H10BrNOS.CH4/c1-14-12-5-7-6-13-10-4-8(11)2-3-9(7)10;/h2-4,6,12H,5H2,1H3;1H4. The molecule has 0 radical (unpaired) electrons. The molecule has 0 fully saturated rings. The van der Waals surface area contributed by atoms with Crippen LogP contribution in [0, 0.1) is 0 Å². The van der Waals surface area contributed by atoms with E-state index >= 15 is 0 Å². The summed E-state index contributed by atoms with van der Waals surface area (Å²) < 4.78 is 9.70. The number of benzene rings is 1. The van der Waals surface area contributed by atoms with Gasteiger partial charge in [-0.1, -0.05) is 35.3 Å². The van der Waals surface area contributed by atoms with Crippen molar-refractivity contribution in [1.82, 2.24) is 4.72 Å². The molecule has 2 aromatic rings. The van der Waals surface area contributed by atoms with Crippen LogP contribution in [0.4, 0.5) is 0 Å². The lowest BCUT2D eigenvalue weighted by Gasteiger charge is -1.97. The Kier molecular flexibility index (Phi) is 4.70. The molecular formula is C11H14BrNOS. The highest BCUT2D eigenvalue weighted by Gasteiger charge is 2.04. The van der Waals surface area contributed by atoms with E-state index < -0.39 is 0 Å². The Morgan fingerprint density at radius 1 is 1.47 bits per heavy atom. The fourth-order valence-electron chi connectivity index (χ4n) is 1.34. The van der Waals surface area contributed by atoms with Crippen LogP contribution >= 0.6 is 27.9 Å². The minimum atomic E-state index is 0. The summed E-state index contributed by atoms with van der Waals surface area (Å²) in [6, 6.07) is 6.08. The van der Waals surface area contributed by atoms with Crippen molar-refractivity contribution in [3.8, 4) is 0 Å². The minimum absolute atomic E-state index is 0. The van der Waals surface area contributed by atoms with Crippen LogP contribution in [0.1, 0.15) is 13.0 Å². The van der Waals surface area contributed by atoms with Gasteiger partial charge in [0, 0.05) is 22.0 Å². The monoisotopic (exact) mass is 287 g/mol. The summed E-state index contributed by atoms with van der Waals surface area (Å²) >= 11 is 5.03. The van der Waals surface area contributed by atoms with E-state index in [1.807, 2.05) is 18.4 Å². The van der Waals surface area contributed by atoms with Gasteiger partial charge in [-0.25, -0.2) is 0 Å². The van der Waals surface area contributed by atoms with Crippen molar-refractivity contribution < 1.29 is 4.42 Å². The lowest BCUT2D eigenvalue weighted by Crippen LogP contribution is -2.00. The van der Waals surface area contributed by atoms with E-state index in [4.69, 9.17) is 4.42 Å². The van der Waals surface area contributed by atoms with Crippen LogP contribution in [0.2, 0.25) is 0 Å². The first-order valence-electron chi connectivity index (χ1n) is 4.22. The summed E-state index contributed by atoms with van der Waals surface area (Å²) in [5.74, 6) is 0. The number of nitrogens with one attached hydrogen (secondary N) is 1. The smallest absolute Gasteiger partial charge is 0.135 e. The van der Waals surface area contributed by atoms with Crippen molar-refractivity contribution >= 4 is 38.8 Å². The molecular weight excluding hydrogens is 274 g/mol. The lowest BCUT2D eigenvalue weighted by atomic mass is 10.2. The number of fused-ring (bicyclic) bond motifs is 1. The van der Waals surface area contributed by atoms with Crippen LogP contribution < -0.4 is 4.72 Å². The zero-order valence-electron chi connectivity index (χ0n) is 7.71. The van der Waals surface area contributed by atoms with Crippen molar-refractivity contribution in [2.45, 2.75) is 14.0 Å². The first-order chi connectivity index (χ1) is 6.81. The molecule has 2 nitrogen and oxygen atoms in total. The van der Waals surface area contributed by atoms with Gasteiger partial charge < -0.3 is 4.42 Å². The molecule has 1 N–H and O–H groups in total. The maximum Gasteiger partial charge on any atom is 0.135 e. The van der Waals surface area contributed by atoms with Gasteiger partial charge in [-0.2, -0.15) is 0 Å². The fourth-order valence-corrected chi connectivity index (χ4v) is 1.98. The van der Waals surface area contributed by atoms with Gasteiger partial charge in [0.1, 0.15) is 5.58 Å². The highest BCUT2D eigenvalue weighted by atomic mass is 79.9. The van der Waals surface area contributed by atoms with Crippen LogP contribution in [0.5, 0.6) is 0 Å². The largest absolute Gasteiger partial charge is 0.464 e. The van der Waals surface area contributed by atoms with Gasteiger partial charge in [-0.3, -0.25) is 4.72 Å².